The first kappa shape index (κ1) is 17.1. The van der Waals surface area contributed by atoms with Crippen molar-refractivity contribution in [3.05, 3.63) is 28.8 Å². The molecule has 1 atom stereocenters. The standard InChI is InChI=1S/C15H17ClN2O5/c1-18-8-10(23-15(18)21)4-6-13(19)17-12-7-9(14(20)22-2)3-5-11(12)16/h3,5,7,10H,4,6,8H2,1-2H3,(H,17,19). The third kappa shape index (κ3) is 4.35. The van der Waals surface area contributed by atoms with Gasteiger partial charge in [0.1, 0.15) is 6.10 Å². The summed E-state index contributed by atoms with van der Waals surface area (Å²) in [6.07, 6.45) is -0.0970. The Morgan fingerprint density at radius 2 is 2.22 bits per heavy atom. The second-order valence-electron chi connectivity index (χ2n) is 5.16. The molecule has 1 N–H and O–H groups in total. The molecule has 1 fully saturated rings. The number of halogens is 1. The molecule has 8 heteroatoms. The molecule has 1 aliphatic heterocycles. The molecule has 1 unspecified atom stereocenters. The van der Waals surface area contributed by atoms with Crippen molar-refractivity contribution >= 4 is 35.3 Å². The average molecular weight is 341 g/mol. The van der Waals surface area contributed by atoms with Gasteiger partial charge in [-0.05, 0) is 24.6 Å². The number of rotatable bonds is 5. The summed E-state index contributed by atoms with van der Waals surface area (Å²) in [6.45, 7) is 0.463. The highest BCUT2D eigenvalue weighted by Gasteiger charge is 2.28. The van der Waals surface area contributed by atoms with Crippen LogP contribution in [0, 0.1) is 0 Å². The Kier molecular flexibility index (Phi) is 5.44. The van der Waals surface area contributed by atoms with Gasteiger partial charge in [0, 0.05) is 13.5 Å². The maximum absolute atomic E-state index is 12.0. The highest BCUT2D eigenvalue weighted by Crippen LogP contribution is 2.24. The number of carbonyl (C=O) groups excluding carboxylic acids is 3. The van der Waals surface area contributed by atoms with E-state index >= 15 is 0 Å². The largest absolute Gasteiger partial charge is 0.465 e. The van der Waals surface area contributed by atoms with Gasteiger partial charge in [0.25, 0.3) is 0 Å². The summed E-state index contributed by atoms with van der Waals surface area (Å²) < 4.78 is 9.71. The summed E-state index contributed by atoms with van der Waals surface area (Å²) in [4.78, 5) is 36.2. The Balaban J connectivity index is 1.92. The van der Waals surface area contributed by atoms with Crippen molar-refractivity contribution in [1.29, 1.82) is 0 Å². The molecule has 0 bridgehead atoms. The van der Waals surface area contributed by atoms with E-state index in [1.54, 1.807) is 7.05 Å². The third-order valence-corrected chi connectivity index (χ3v) is 3.74. The number of cyclic esters (lactones) is 1. The fourth-order valence-corrected chi connectivity index (χ4v) is 2.34. The molecule has 0 saturated carbocycles. The van der Waals surface area contributed by atoms with E-state index in [0.717, 1.165) is 0 Å². The van der Waals surface area contributed by atoms with Gasteiger partial charge in [0.15, 0.2) is 0 Å². The second-order valence-corrected chi connectivity index (χ2v) is 5.57. The number of hydrogen-bond donors (Lipinski definition) is 1. The number of benzene rings is 1. The fourth-order valence-electron chi connectivity index (χ4n) is 2.17. The predicted octanol–water partition coefficient (Wildman–Crippen LogP) is 2.30. The lowest BCUT2D eigenvalue weighted by Gasteiger charge is -2.10. The van der Waals surface area contributed by atoms with E-state index in [2.05, 4.69) is 10.1 Å². The van der Waals surface area contributed by atoms with E-state index in [4.69, 9.17) is 16.3 Å². The maximum Gasteiger partial charge on any atom is 0.409 e. The molecule has 0 radical (unpaired) electrons. The van der Waals surface area contributed by atoms with Gasteiger partial charge in [0.2, 0.25) is 5.91 Å². The molecule has 2 amide bonds. The molecular formula is C15H17ClN2O5. The van der Waals surface area contributed by atoms with Crippen molar-refractivity contribution < 1.29 is 23.9 Å². The summed E-state index contributed by atoms with van der Waals surface area (Å²) in [5.41, 5.74) is 0.624. The molecular weight excluding hydrogens is 324 g/mol. The number of methoxy groups -OCH3 is 1. The van der Waals surface area contributed by atoms with Crippen LogP contribution in [0.3, 0.4) is 0 Å². The number of amides is 2. The normalized spacial score (nSPS) is 16.9. The van der Waals surface area contributed by atoms with Crippen molar-refractivity contribution in [3.8, 4) is 0 Å². The molecule has 0 spiro atoms. The fraction of sp³-hybridized carbons (Fsp3) is 0.400. The molecule has 0 aromatic heterocycles. The minimum atomic E-state index is -0.516. The molecule has 7 nitrogen and oxygen atoms in total. The summed E-state index contributed by atoms with van der Waals surface area (Å²) in [6, 6.07) is 4.48. The van der Waals surface area contributed by atoms with Gasteiger partial charge >= 0.3 is 12.1 Å². The smallest absolute Gasteiger partial charge is 0.409 e. The molecule has 1 aromatic carbocycles. The molecule has 1 saturated heterocycles. The number of anilines is 1. The summed E-state index contributed by atoms with van der Waals surface area (Å²) in [7, 11) is 2.91. The van der Waals surface area contributed by atoms with Gasteiger partial charge in [-0.2, -0.15) is 0 Å². The van der Waals surface area contributed by atoms with Crippen molar-refractivity contribution in [1.82, 2.24) is 4.90 Å². The maximum atomic E-state index is 12.0. The Bertz CT molecular complexity index is 634. The highest BCUT2D eigenvalue weighted by molar-refractivity contribution is 6.33. The van der Waals surface area contributed by atoms with Crippen LogP contribution >= 0.6 is 11.6 Å². The molecule has 1 heterocycles. The number of carbonyl (C=O) groups is 3. The zero-order chi connectivity index (χ0) is 17.0. The van der Waals surface area contributed by atoms with E-state index in [1.807, 2.05) is 0 Å². The molecule has 0 aliphatic carbocycles. The quantitative estimate of drug-likeness (QED) is 0.831. The van der Waals surface area contributed by atoms with Crippen LogP contribution < -0.4 is 5.32 Å². The van der Waals surface area contributed by atoms with E-state index in [9.17, 15) is 14.4 Å². The number of ether oxygens (including phenoxy) is 2. The zero-order valence-corrected chi connectivity index (χ0v) is 13.6. The van der Waals surface area contributed by atoms with Crippen LogP contribution in [0.1, 0.15) is 23.2 Å². The lowest BCUT2D eigenvalue weighted by atomic mass is 10.1. The van der Waals surface area contributed by atoms with Gasteiger partial charge in [-0.15, -0.1) is 0 Å². The Labute approximate surface area is 138 Å². The molecule has 23 heavy (non-hydrogen) atoms. The summed E-state index contributed by atoms with van der Waals surface area (Å²) >= 11 is 6.01. The topological polar surface area (TPSA) is 84.9 Å². The van der Waals surface area contributed by atoms with Crippen molar-refractivity contribution in [2.45, 2.75) is 18.9 Å². The van der Waals surface area contributed by atoms with E-state index in [1.165, 1.54) is 30.2 Å². The van der Waals surface area contributed by atoms with E-state index in [-0.39, 0.29) is 24.5 Å². The Morgan fingerprint density at radius 3 is 2.83 bits per heavy atom. The van der Waals surface area contributed by atoms with Crippen molar-refractivity contribution in [2.75, 3.05) is 26.0 Å². The first-order valence-electron chi connectivity index (χ1n) is 7.00. The minimum Gasteiger partial charge on any atom is -0.465 e. The molecule has 1 aromatic rings. The molecule has 1 aliphatic rings. The average Bonchev–Trinajstić information content (AvgIpc) is 2.85. The van der Waals surface area contributed by atoms with Crippen molar-refractivity contribution in [2.24, 2.45) is 0 Å². The Morgan fingerprint density at radius 1 is 1.48 bits per heavy atom. The van der Waals surface area contributed by atoms with Crippen LogP contribution in [0.2, 0.25) is 5.02 Å². The zero-order valence-electron chi connectivity index (χ0n) is 12.8. The number of esters is 1. The monoisotopic (exact) mass is 340 g/mol. The van der Waals surface area contributed by atoms with Gasteiger partial charge in [-0.1, -0.05) is 11.6 Å². The molecule has 2 rings (SSSR count). The highest BCUT2D eigenvalue weighted by atomic mass is 35.5. The SMILES string of the molecule is COC(=O)c1ccc(Cl)c(NC(=O)CCC2CN(C)C(=O)O2)c1. The van der Waals surface area contributed by atoms with Gasteiger partial charge in [-0.25, -0.2) is 9.59 Å². The minimum absolute atomic E-state index is 0.171. The van der Waals surface area contributed by atoms with Crippen LogP contribution in [0.15, 0.2) is 18.2 Å². The van der Waals surface area contributed by atoms with Gasteiger partial charge in [0.05, 0.1) is 29.9 Å². The van der Waals surface area contributed by atoms with Crippen LogP contribution in [0.25, 0.3) is 0 Å². The summed E-state index contributed by atoms with van der Waals surface area (Å²) in [5, 5.41) is 2.96. The second kappa shape index (κ2) is 7.32. The van der Waals surface area contributed by atoms with E-state index < -0.39 is 5.97 Å². The van der Waals surface area contributed by atoms with Crippen molar-refractivity contribution in [3.63, 3.8) is 0 Å². The lowest BCUT2D eigenvalue weighted by Crippen LogP contribution is -2.20. The van der Waals surface area contributed by atoms with Gasteiger partial charge < -0.3 is 19.7 Å². The lowest BCUT2D eigenvalue weighted by molar-refractivity contribution is -0.116. The number of likely N-dealkylation sites (N-methyl/N-ethyl adjacent to an activating group) is 1. The van der Waals surface area contributed by atoms with Crippen LogP contribution in [0.4, 0.5) is 10.5 Å². The first-order valence-corrected chi connectivity index (χ1v) is 7.38. The van der Waals surface area contributed by atoms with Gasteiger partial charge in [-0.3, -0.25) is 4.79 Å². The number of hydrogen-bond acceptors (Lipinski definition) is 5. The van der Waals surface area contributed by atoms with Crippen LogP contribution in [-0.2, 0) is 14.3 Å². The summed E-state index contributed by atoms with van der Waals surface area (Å²) in [5.74, 6) is -0.794. The predicted molar refractivity (Wildman–Crippen MR) is 83.6 cm³/mol. The van der Waals surface area contributed by atoms with Crippen LogP contribution in [-0.4, -0.2) is 49.7 Å². The Hall–Kier alpha value is -2.28. The first-order chi connectivity index (χ1) is 10.9. The van der Waals surface area contributed by atoms with E-state index in [0.29, 0.717) is 29.2 Å². The number of nitrogens with zero attached hydrogens (tertiary/aromatic N) is 1. The van der Waals surface area contributed by atoms with Crippen LogP contribution in [0.5, 0.6) is 0 Å². The number of nitrogens with one attached hydrogen (secondary N) is 1. The third-order valence-electron chi connectivity index (χ3n) is 3.41. The molecule has 124 valence electrons.